The maximum atomic E-state index is 11.6. The van der Waals surface area contributed by atoms with E-state index >= 15 is 0 Å². The van der Waals surface area contributed by atoms with Crippen molar-refractivity contribution in [1.29, 1.82) is 0 Å². The summed E-state index contributed by atoms with van der Waals surface area (Å²) in [5.74, 6) is 1.36. The molecule has 3 rings (SSSR count). The van der Waals surface area contributed by atoms with Gasteiger partial charge in [0.25, 0.3) is 0 Å². The lowest BCUT2D eigenvalue weighted by Gasteiger charge is -2.32. The average Bonchev–Trinajstić information content (AvgIpc) is 3.37. The van der Waals surface area contributed by atoms with Crippen LogP contribution in [0, 0.1) is 5.92 Å². The summed E-state index contributed by atoms with van der Waals surface area (Å²) >= 11 is 0. The highest BCUT2D eigenvalue weighted by molar-refractivity contribution is 5.78. The topological polar surface area (TPSA) is 57.3 Å². The third-order valence-electron chi connectivity index (χ3n) is 4.42. The molecule has 0 bridgehead atoms. The van der Waals surface area contributed by atoms with Gasteiger partial charge in [-0.05, 0) is 37.3 Å². The summed E-state index contributed by atoms with van der Waals surface area (Å²) in [6.45, 7) is 2.73. The normalized spacial score (nSPS) is 19.6. The van der Waals surface area contributed by atoms with Crippen LogP contribution in [-0.4, -0.2) is 37.1 Å². The van der Waals surface area contributed by atoms with E-state index in [1.807, 2.05) is 6.20 Å². The minimum atomic E-state index is 0.160. The summed E-state index contributed by atoms with van der Waals surface area (Å²) in [4.78, 5) is 18.5. The number of anilines is 1. The molecule has 2 heterocycles. The summed E-state index contributed by atoms with van der Waals surface area (Å²) in [5, 5.41) is 6.24. The second kappa shape index (κ2) is 6.43. The van der Waals surface area contributed by atoms with E-state index in [1.54, 1.807) is 7.05 Å². The van der Waals surface area contributed by atoms with Gasteiger partial charge in [0.1, 0.15) is 5.82 Å². The zero-order chi connectivity index (χ0) is 14.7. The Labute approximate surface area is 126 Å². The van der Waals surface area contributed by atoms with Gasteiger partial charge < -0.3 is 15.5 Å². The number of pyridine rings is 1. The first-order valence-electron chi connectivity index (χ1n) is 7.91. The Morgan fingerprint density at radius 2 is 2.05 bits per heavy atom. The van der Waals surface area contributed by atoms with Crippen molar-refractivity contribution in [1.82, 2.24) is 15.6 Å². The highest BCUT2D eigenvalue weighted by Crippen LogP contribution is 2.22. The molecule has 0 aromatic carbocycles. The van der Waals surface area contributed by atoms with E-state index in [-0.39, 0.29) is 11.8 Å². The number of carbonyl (C=O) groups is 1. The summed E-state index contributed by atoms with van der Waals surface area (Å²) in [7, 11) is 1.71. The van der Waals surface area contributed by atoms with Gasteiger partial charge in [-0.15, -0.1) is 0 Å². The molecule has 0 atom stereocenters. The van der Waals surface area contributed by atoms with Crippen LogP contribution in [0.25, 0.3) is 0 Å². The molecule has 1 aliphatic carbocycles. The number of aromatic nitrogens is 1. The fraction of sp³-hybridized carbons (Fsp3) is 0.625. The monoisotopic (exact) mass is 288 g/mol. The van der Waals surface area contributed by atoms with Gasteiger partial charge in [-0.3, -0.25) is 4.79 Å². The fourth-order valence-electron chi connectivity index (χ4n) is 2.83. The summed E-state index contributed by atoms with van der Waals surface area (Å²) in [6.07, 6.45) is 6.41. The predicted molar refractivity (Wildman–Crippen MR) is 83.1 cm³/mol. The van der Waals surface area contributed by atoms with Gasteiger partial charge in [0, 0.05) is 44.8 Å². The Bertz CT molecular complexity index is 476. The highest BCUT2D eigenvalue weighted by Gasteiger charge is 2.24. The zero-order valence-electron chi connectivity index (χ0n) is 12.6. The lowest BCUT2D eigenvalue weighted by molar-refractivity contribution is -0.125. The summed E-state index contributed by atoms with van der Waals surface area (Å²) < 4.78 is 0. The van der Waals surface area contributed by atoms with Crippen molar-refractivity contribution < 1.29 is 4.79 Å². The Hall–Kier alpha value is -1.62. The molecule has 0 unspecified atom stereocenters. The number of hydrogen-bond acceptors (Lipinski definition) is 4. The highest BCUT2D eigenvalue weighted by atomic mass is 16.1. The first-order valence-corrected chi connectivity index (χ1v) is 7.91. The van der Waals surface area contributed by atoms with Crippen LogP contribution in [0.4, 0.5) is 5.82 Å². The lowest BCUT2D eigenvalue weighted by atomic mass is 9.96. The minimum Gasteiger partial charge on any atom is -0.359 e. The van der Waals surface area contributed by atoms with Crippen molar-refractivity contribution in [3.63, 3.8) is 0 Å². The SMILES string of the molecule is CNC(=O)C1CCN(c2ccc(CNC3CC3)cn2)CC1. The second-order valence-electron chi connectivity index (χ2n) is 6.06. The van der Waals surface area contributed by atoms with Crippen LogP contribution in [0.5, 0.6) is 0 Å². The second-order valence-corrected chi connectivity index (χ2v) is 6.06. The van der Waals surface area contributed by atoms with Crippen molar-refractivity contribution in [2.45, 2.75) is 38.3 Å². The number of carbonyl (C=O) groups excluding carboxylic acids is 1. The molecule has 21 heavy (non-hydrogen) atoms. The molecule has 2 N–H and O–H groups in total. The van der Waals surface area contributed by atoms with Crippen molar-refractivity contribution in [3.05, 3.63) is 23.9 Å². The standard InChI is InChI=1S/C16H24N4O/c1-17-16(21)13-6-8-20(9-7-13)15-5-2-12(11-19-15)10-18-14-3-4-14/h2,5,11,13-14,18H,3-4,6-10H2,1H3,(H,17,21). The Morgan fingerprint density at radius 1 is 1.29 bits per heavy atom. The maximum Gasteiger partial charge on any atom is 0.222 e. The van der Waals surface area contributed by atoms with Crippen LogP contribution < -0.4 is 15.5 Å². The molecule has 1 saturated carbocycles. The van der Waals surface area contributed by atoms with Crippen LogP contribution in [0.3, 0.4) is 0 Å². The third kappa shape index (κ3) is 3.73. The lowest BCUT2D eigenvalue weighted by Crippen LogP contribution is -2.39. The van der Waals surface area contributed by atoms with Gasteiger partial charge in [0.15, 0.2) is 0 Å². The van der Waals surface area contributed by atoms with Crippen molar-refractivity contribution >= 4 is 11.7 Å². The number of piperidine rings is 1. The van der Waals surface area contributed by atoms with E-state index < -0.39 is 0 Å². The molecule has 1 aromatic rings. The molecule has 0 spiro atoms. The Balaban J connectivity index is 1.51. The van der Waals surface area contributed by atoms with E-state index in [0.29, 0.717) is 0 Å². The molecule has 5 nitrogen and oxygen atoms in total. The van der Waals surface area contributed by atoms with Gasteiger partial charge in [-0.1, -0.05) is 6.07 Å². The van der Waals surface area contributed by atoms with Gasteiger partial charge in [0.2, 0.25) is 5.91 Å². The molecule has 1 aromatic heterocycles. The number of nitrogens with one attached hydrogen (secondary N) is 2. The van der Waals surface area contributed by atoms with Crippen molar-refractivity contribution in [3.8, 4) is 0 Å². The molecule has 1 saturated heterocycles. The van der Waals surface area contributed by atoms with E-state index in [1.165, 1.54) is 18.4 Å². The average molecular weight is 288 g/mol. The van der Waals surface area contributed by atoms with Crippen LogP contribution in [0.15, 0.2) is 18.3 Å². The van der Waals surface area contributed by atoms with Gasteiger partial charge >= 0.3 is 0 Å². The van der Waals surface area contributed by atoms with Crippen molar-refractivity contribution in [2.24, 2.45) is 5.92 Å². The Morgan fingerprint density at radius 3 is 2.62 bits per heavy atom. The molecule has 114 valence electrons. The molecule has 1 aliphatic heterocycles. The summed E-state index contributed by atoms with van der Waals surface area (Å²) in [5.41, 5.74) is 1.24. The minimum absolute atomic E-state index is 0.160. The molecule has 5 heteroatoms. The van der Waals surface area contributed by atoms with E-state index in [4.69, 9.17) is 0 Å². The number of hydrogen-bond donors (Lipinski definition) is 2. The number of nitrogens with zero attached hydrogens (tertiary/aromatic N) is 2. The quantitative estimate of drug-likeness (QED) is 0.857. The molecular weight excluding hydrogens is 264 g/mol. The van der Waals surface area contributed by atoms with Crippen LogP contribution in [-0.2, 0) is 11.3 Å². The van der Waals surface area contributed by atoms with Crippen LogP contribution in [0.1, 0.15) is 31.2 Å². The zero-order valence-corrected chi connectivity index (χ0v) is 12.6. The van der Waals surface area contributed by atoms with Gasteiger partial charge in [-0.2, -0.15) is 0 Å². The maximum absolute atomic E-state index is 11.6. The van der Waals surface area contributed by atoms with Gasteiger partial charge in [0.05, 0.1) is 0 Å². The van der Waals surface area contributed by atoms with Gasteiger partial charge in [-0.25, -0.2) is 4.98 Å². The van der Waals surface area contributed by atoms with Crippen molar-refractivity contribution in [2.75, 3.05) is 25.0 Å². The smallest absolute Gasteiger partial charge is 0.222 e. The molecule has 2 fully saturated rings. The number of amides is 1. The number of rotatable bonds is 5. The summed E-state index contributed by atoms with van der Waals surface area (Å²) in [6, 6.07) is 4.99. The first kappa shape index (κ1) is 14.3. The largest absolute Gasteiger partial charge is 0.359 e. The fourth-order valence-corrected chi connectivity index (χ4v) is 2.83. The van der Waals surface area contributed by atoms with E-state index in [2.05, 4.69) is 32.7 Å². The Kier molecular flexibility index (Phi) is 4.39. The predicted octanol–water partition coefficient (Wildman–Crippen LogP) is 1.30. The van der Waals surface area contributed by atoms with E-state index in [9.17, 15) is 4.79 Å². The first-order chi connectivity index (χ1) is 10.3. The van der Waals surface area contributed by atoms with Crippen LogP contribution >= 0.6 is 0 Å². The molecular formula is C16H24N4O. The molecule has 2 aliphatic rings. The molecule has 1 amide bonds. The van der Waals surface area contributed by atoms with Crippen LogP contribution in [0.2, 0.25) is 0 Å². The van der Waals surface area contributed by atoms with E-state index in [0.717, 1.165) is 44.3 Å². The molecule has 0 radical (unpaired) electrons. The third-order valence-corrected chi connectivity index (χ3v) is 4.42.